The van der Waals surface area contributed by atoms with Gasteiger partial charge >= 0.3 is 0 Å². The van der Waals surface area contributed by atoms with Gasteiger partial charge in [0.05, 0.1) is 11.7 Å². The summed E-state index contributed by atoms with van der Waals surface area (Å²) in [6.45, 7) is 0.0587. The van der Waals surface area contributed by atoms with Crippen molar-refractivity contribution in [3.05, 3.63) is 72.3 Å². The predicted octanol–water partition coefficient (Wildman–Crippen LogP) is 0.974. The number of carbonyl (C=O) groups is 1. The molecule has 3 aromatic rings. The minimum atomic E-state index is -0.314. The van der Waals surface area contributed by atoms with Gasteiger partial charge in [0.1, 0.15) is 12.9 Å². The van der Waals surface area contributed by atoms with Crippen molar-refractivity contribution in [1.29, 1.82) is 0 Å². The molecule has 7 nitrogen and oxygen atoms in total. The highest BCUT2D eigenvalue weighted by Gasteiger charge is 2.18. The monoisotopic (exact) mass is 294 g/mol. The number of aromatic nitrogens is 5. The van der Waals surface area contributed by atoms with Gasteiger partial charge in [-0.2, -0.15) is 0 Å². The molecule has 0 fully saturated rings. The van der Waals surface area contributed by atoms with Crippen LogP contribution in [0.4, 0.5) is 0 Å². The summed E-state index contributed by atoms with van der Waals surface area (Å²) in [4.78, 5) is 16.6. The van der Waals surface area contributed by atoms with Crippen molar-refractivity contribution in [2.45, 2.75) is 12.6 Å². The second-order valence-corrected chi connectivity index (χ2v) is 4.67. The zero-order chi connectivity index (χ0) is 15.2. The Balaban J connectivity index is 1.81. The number of hydrogen-bond acceptors (Lipinski definition) is 5. The largest absolute Gasteiger partial charge is 0.342 e. The van der Waals surface area contributed by atoms with E-state index in [0.717, 1.165) is 11.3 Å². The Morgan fingerprint density at radius 2 is 1.95 bits per heavy atom. The molecule has 2 heterocycles. The number of nitrogens with zero attached hydrogens (tertiary/aromatic N) is 5. The first kappa shape index (κ1) is 13.9. The Kier molecular flexibility index (Phi) is 4.15. The fourth-order valence-corrected chi connectivity index (χ4v) is 2.13. The van der Waals surface area contributed by atoms with Crippen LogP contribution in [0.5, 0.6) is 0 Å². The fourth-order valence-electron chi connectivity index (χ4n) is 2.13. The zero-order valence-electron chi connectivity index (χ0n) is 11.7. The lowest BCUT2D eigenvalue weighted by atomic mass is 10.0. The molecule has 3 rings (SSSR count). The summed E-state index contributed by atoms with van der Waals surface area (Å²) < 4.78 is 1.37. The molecular formula is C15H14N6O. The summed E-state index contributed by atoms with van der Waals surface area (Å²) >= 11 is 0. The van der Waals surface area contributed by atoms with Crippen molar-refractivity contribution in [1.82, 2.24) is 30.5 Å². The van der Waals surface area contributed by atoms with Gasteiger partial charge in [-0.1, -0.05) is 36.4 Å². The van der Waals surface area contributed by atoms with E-state index in [0.29, 0.717) is 0 Å². The summed E-state index contributed by atoms with van der Waals surface area (Å²) in [6.07, 6.45) is 3.11. The number of tetrazole rings is 1. The highest BCUT2D eigenvalue weighted by Crippen LogP contribution is 2.19. The lowest BCUT2D eigenvalue weighted by molar-refractivity contribution is -0.122. The maximum absolute atomic E-state index is 12.2. The Morgan fingerprint density at radius 1 is 1.14 bits per heavy atom. The molecule has 1 aromatic carbocycles. The van der Waals surface area contributed by atoms with E-state index in [9.17, 15) is 4.79 Å². The van der Waals surface area contributed by atoms with Crippen LogP contribution in [0.2, 0.25) is 0 Å². The molecule has 1 atom stereocenters. The SMILES string of the molecule is O=C(Cn1cnnn1)N[C@H](c1ccccc1)c1ccccn1. The third-order valence-corrected chi connectivity index (χ3v) is 3.12. The molecule has 1 N–H and O–H groups in total. The van der Waals surface area contributed by atoms with Gasteiger partial charge in [-0.05, 0) is 28.1 Å². The fraction of sp³-hybridized carbons (Fsp3) is 0.133. The van der Waals surface area contributed by atoms with Crippen LogP contribution in [0, 0.1) is 0 Å². The summed E-state index contributed by atoms with van der Waals surface area (Å²) in [5, 5.41) is 13.7. The van der Waals surface area contributed by atoms with Crippen LogP contribution in [-0.4, -0.2) is 31.1 Å². The molecular weight excluding hydrogens is 280 g/mol. The lowest BCUT2D eigenvalue weighted by Gasteiger charge is -2.18. The Morgan fingerprint density at radius 3 is 2.64 bits per heavy atom. The molecule has 0 unspecified atom stereocenters. The quantitative estimate of drug-likeness (QED) is 0.758. The van der Waals surface area contributed by atoms with E-state index in [1.165, 1.54) is 11.0 Å². The van der Waals surface area contributed by atoms with Crippen molar-refractivity contribution in [2.24, 2.45) is 0 Å². The van der Waals surface area contributed by atoms with Crippen LogP contribution < -0.4 is 5.32 Å². The van der Waals surface area contributed by atoms with Crippen LogP contribution in [-0.2, 0) is 11.3 Å². The molecule has 0 spiro atoms. The van der Waals surface area contributed by atoms with Crippen LogP contribution in [0.1, 0.15) is 17.3 Å². The number of hydrogen-bond donors (Lipinski definition) is 1. The van der Waals surface area contributed by atoms with Gasteiger partial charge in [0.15, 0.2) is 0 Å². The molecule has 0 aliphatic rings. The van der Waals surface area contributed by atoms with Gasteiger partial charge in [0.2, 0.25) is 5.91 Å². The first-order valence-corrected chi connectivity index (χ1v) is 6.79. The number of nitrogens with one attached hydrogen (secondary N) is 1. The molecule has 22 heavy (non-hydrogen) atoms. The van der Waals surface area contributed by atoms with Crippen LogP contribution in [0.15, 0.2) is 61.1 Å². The molecule has 0 aliphatic heterocycles. The molecule has 0 aliphatic carbocycles. The van der Waals surface area contributed by atoms with E-state index in [1.807, 2.05) is 48.5 Å². The van der Waals surface area contributed by atoms with E-state index in [1.54, 1.807) is 6.20 Å². The Bertz CT molecular complexity index is 675. The van der Waals surface area contributed by atoms with E-state index < -0.39 is 0 Å². The molecule has 0 saturated heterocycles. The van der Waals surface area contributed by atoms with Gasteiger partial charge in [-0.25, -0.2) is 4.68 Å². The normalized spacial score (nSPS) is 11.8. The summed E-state index contributed by atoms with van der Waals surface area (Å²) in [7, 11) is 0. The van der Waals surface area contributed by atoms with Crippen molar-refractivity contribution in [2.75, 3.05) is 0 Å². The third kappa shape index (κ3) is 3.32. The van der Waals surface area contributed by atoms with Crippen LogP contribution in [0.25, 0.3) is 0 Å². The van der Waals surface area contributed by atoms with Gasteiger partial charge in [-0.3, -0.25) is 9.78 Å². The number of rotatable bonds is 5. The lowest BCUT2D eigenvalue weighted by Crippen LogP contribution is -2.32. The van der Waals surface area contributed by atoms with E-state index in [4.69, 9.17) is 0 Å². The molecule has 1 amide bonds. The van der Waals surface area contributed by atoms with Gasteiger partial charge < -0.3 is 5.32 Å². The Hall–Kier alpha value is -3.09. The van der Waals surface area contributed by atoms with Gasteiger partial charge in [-0.15, -0.1) is 5.10 Å². The third-order valence-electron chi connectivity index (χ3n) is 3.12. The maximum Gasteiger partial charge on any atom is 0.242 e. The smallest absolute Gasteiger partial charge is 0.242 e. The summed E-state index contributed by atoms with van der Waals surface area (Å²) in [5.41, 5.74) is 1.74. The number of benzene rings is 1. The summed E-state index contributed by atoms with van der Waals surface area (Å²) in [5.74, 6) is -0.188. The maximum atomic E-state index is 12.2. The van der Waals surface area contributed by atoms with Gasteiger partial charge in [0, 0.05) is 6.20 Å². The van der Waals surface area contributed by atoms with Crippen molar-refractivity contribution < 1.29 is 4.79 Å². The topological polar surface area (TPSA) is 85.6 Å². The molecule has 7 heteroatoms. The van der Waals surface area contributed by atoms with E-state index >= 15 is 0 Å². The number of pyridine rings is 1. The average molecular weight is 294 g/mol. The number of carbonyl (C=O) groups excluding carboxylic acids is 1. The Labute approximate surface area is 127 Å². The molecule has 0 bridgehead atoms. The van der Waals surface area contributed by atoms with Crippen molar-refractivity contribution in [3.8, 4) is 0 Å². The minimum Gasteiger partial charge on any atom is -0.342 e. The van der Waals surface area contributed by atoms with Crippen molar-refractivity contribution >= 4 is 5.91 Å². The standard InChI is InChI=1S/C15H14N6O/c22-14(10-21-11-17-19-20-21)18-15(12-6-2-1-3-7-12)13-8-4-5-9-16-13/h1-9,11,15H,10H2,(H,18,22)/t15-/m1/s1. The second kappa shape index (κ2) is 6.57. The molecule has 0 saturated carbocycles. The first-order chi connectivity index (χ1) is 10.8. The highest BCUT2D eigenvalue weighted by atomic mass is 16.2. The van der Waals surface area contributed by atoms with Crippen LogP contribution in [0.3, 0.4) is 0 Å². The van der Waals surface area contributed by atoms with Crippen LogP contribution >= 0.6 is 0 Å². The first-order valence-electron chi connectivity index (χ1n) is 6.79. The van der Waals surface area contributed by atoms with Crippen molar-refractivity contribution in [3.63, 3.8) is 0 Å². The highest BCUT2D eigenvalue weighted by molar-refractivity contribution is 5.76. The minimum absolute atomic E-state index is 0.0587. The summed E-state index contributed by atoms with van der Waals surface area (Å²) in [6, 6.07) is 15.0. The number of amides is 1. The average Bonchev–Trinajstić information content (AvgIpc) is 3.07. The molecule has 2 aromatic heterocycles. The van der Waals surface area contributed by atoms with E-state index in [-0.39, 0.29) is 18.5 Å². The molecule has 110 valence electrons. The van der Waals surface area contributed by atoms with E-state index in [2.05, 4.69) is 25.8 Å². The predicted molar refractivity (Wildman–Crippen MR) is 78.5 cm³/mol. The zero-order valence-corrected chi connectivity index (χ0v) is 11.7. The second-order valence-electron chi connectivity index (χ2n) is 4.67. The van der Waals surface area contributed by atoms with Gasteiger partial charge in [0.25, 0.3) is 0 Å². The molecule has 0 radical (unpaired) electrons.